The molecule has 0 bridgehead atoms. The number of hydrogen-bond donors (Lipinski definition) is 1. The fourth-order valence-electron chi connectivity index (χ4n) is 1.39. The zero-order valence-electron chi connectivity index (χ0n) is 10.2. The van der Waals surface area contributed by atoms with E-state index < -0.39 is 5.97 Å². The Morgan fingerprint density at radius 3 is 2.68 bits per heavy atom. The zero-order chi connectivity index (χ0) is 13.7. The molecule has 0 atom stereocenters. The minimum Gasteiger partial charge on any atom is -0.494 e. The predicted molar refractivity (Wildman–Crippen MR) is 66.7 cm³/mol. The lowest BCUT2D eigenvalue weighted by Crippen LogP contribution is -2.01. The van der Waals surface area contributed by atoms with Crippen LogP contribution in [0.5, 0.6) is 17.4 Å². The highest BCUT2D eigenvalue weighted by molar-refractivity contribution is 5.84. The van der Waals surface area contributed by atoms with Gasteiger partial charge in [-0.25, -0.2) is 14.8 Å². The van der Waals surface area contributed by atoms with E-state index in [0.717, 1.165) is 6.20 Å². The van der Waals surface area contributed by atoms with Crippen molar-refractivity contribution < 1.29 is 19.4 Å². The van der Waals surface area contributed by atoms with Gasteiger partial charge in [0.05, 0.1) is 19.0 Å². The Balaban J connectivity index is 2.12. The number of nitrogens with zero attached hydrogens (tertiary/aromatic N) is 2. The van der Waals surface area contributed by atoms with Gasteiger partial charge in [-0.2, -0.15) is 0 Å². The first kappa shape index (κ1) is 12.8. The largest absolute Gasteiger partial charge is 0.494 e. The highest BCUT2D eigenvalue weighted by atomic mass is 16.5. The van der Waals surface area contributed by atoms with Gasteiger partial charge in [-0.15, -0.1) is 0 Å². The van der Waals surface area contributed by atoms with Crippen molar-refractivity contribution in [3.8, 4) is 17.4 Å². The molecule has 1 heterocycles. The summed E-state index contributed by atoms with van der Waals surface area (Å²) in [4.78, 5) is 18.2. The molecule has 6 heteroatoms. The number of ether oxygens (including phenoxy) is 2. The molecule has 0 amide bonds. The van der Waals surface area contributed by atoms with E-state index in [1.165, 1.54) is 6.20 Å². The quantitative estimate of drug-likeness (QED) is 0.888. The van der Waals surface area contributed by atoms with E-state index in [1.54, 1.807) is 18.2 Å². The number of carbonyl (C=O) groups is 1. The molecule has 1 aromatic carbocycles. The molecule has 1 aromatic heterocycles. The van der Waals surface area contributed by atoms with Gasteiger partial charge in [-0.3, -0.25) is 0 Å². The summed E-state index contributed by atoms with van der Waals surface area (Å²) in [7, 11) is 0. The van der Waals surface area contributed by atoms with Crippen molar-refractivity contribution in [1.29, 1.82) is 0 Å². The third-order valence-corrected chi connectivity index (χ3v) is 2.19. The van der Waals surface area contributed by atoms with Gasteiger partial charge in [0.2, 0.25) is 5.88 Å². The molecule has 19 heavy (non-hydrogen) atoms. The van der Waals surface area contributed by atoms with Crippen molar-refractivity contribution in [3.05, 3.63) is 42.4 Å². The number of carboxylic acid groups (broad SMARTS) is 1. The van der Waals surface area contributed by atoms with Gasteiger partial charge in [-0.1, -0.05) is 6.07 Å². The van der Waals surface area contributed by atoms with Gasteiger partial charge < -0.3 is 14.6 Å². The molecule has 0 saturated carbocycles. The maximum Gasteiger partial charge on any atom is 0.356 e. The second kappa shape index (κ2) is 5.81. The summed E-state index contributed by atoms with van der Waals surface area (Å²) in [6, 6.07) is 7.07. The molecular weight excluding hydrogens is 248 g/mol. The van der Waals surface area contributed by atoms with Gasteiger partial charge in [0, 0.05) is 6.07 Å². The van der Waals surface area contributed by atoms with Crippen LogP contribution < -0.4 is 9.47 Å². The van der Waals surface area contributed by atoms with Gasteiger partial charge in [0.25, 0.3) is 0 Å². The lowest BCUT2D eigenvalue weighted by Gasteiger charge is -2.07. The third kappa shape index (κ3) is 3.41. The van der Waals surface area contributed by atoms with Crippen molar-refractivity contribution in [3.63, 3.8) is 0 Å². The van der Waals surface area contributed by atoms with E-state index >= 15 is 0 Å². The molecule has 2 aromatic rings. The van der Waals surface area contributed by atoms with Gasteiger partial charge in [0.1, 0.15) is 11.5 Å². The summed E-state index contributed by atoms with van der Waals surface area (Å²) in [5.41, 5.74) is -0.129. The van der Waals surface area contributed by atoms with Crippen LogP contribution in [-0.2, 0) is 0 Å². The van der Waals surface area contributed by atoms with Crippen molar-refractivity contribution >= 4 is 5.97 Å². The standard InChI is InChI=1S/C13H12N2O4/c1-2-18-9-4-3-5-10(6-9)19-12-8-14-11(7-15-12)13(16)17/h3-8H,2H2,1H3,(H,16,17). The van der Waals surface area contributed by atoms with Crippen molar-refractivity contribution in [1.82, 2.24) is 9.97 Å². The van der Waals surface area contributed by atoms with Gasteiger partial charge in [-0.05, 0) is 19.1 Å². The Hall–Kier alpha value is -2.63. The molecule has 0 unspecified atom stereocenters. The summed E-state index contributed by atoms with van der Waals surface area (Å²) in [5, 5.41) is 8.70. The van der Waals surface area contributed by atoms with Gasteiger partial charge in [0.15, 0.2) is 5.69 Å². The van der Waals surface area contributed by atoms with Crippen LogP contribution in [0.15, 0.2) is 36.7 Å². The molecule has 0 saturated heterocycles. The predicted octanol–water partition coefficient (Wildman–Crippen LogP) is 2.37. The van der Waals surface area contributed by atoms with E-state index in [1.807, 2.05) is 13.0 Å². The van der Waals surface area contributed by atoms with Crippen LogP contribution in [0.1, 0.15) is 17.4 Å². The molecule has 0 aliphatic carbocycles. The lowest BCUT2D eigenvalue weighted by molar-refractivity contribution is 0.0690. The lowest BCUT2D eigenvalue weighted by atomic mass is 10.3. The molecule has 0 aliphatic heterocycles. The van der Waals surface area contributed by atoms with Crippen LogP contribution in [0.3, 0.4) is 0 Å². The van der Waals surface area contributed by atoms with E-state index in [2.05, 4.69) is 9.97 Å². The second-order valence-electron chi connectivity index (χ2n) is 3.55. The Bertz CT molecular complexity index is 569. The Kier molecular flexibility index (Phi) is 3.92. The Morgan fingerprint density at radius 1 is 1.26 bits per heavy atom. The van der Waals surface area contributed by atoms with Crippen LogP contribution in [0, 0.1) is 0 Å². The Morgan fingerprint density at radius 2 is 2.05 bits per heavy atom. The first-order valence-electron chi connectivity index (χ1n) is 5.65. The maximum atomic E-state index is 10.6. The minimum atomic E-state index is -1.13. The highest BCUT2D eigenvalue weighted by Gasteiger charge is 2.06. The summed E-state index contributed by atoms with van der Waals surface area (Å²) in [5.74, 6) is 0.328. The minimum absolute atomic E-state index is 0.129. The van der Waals surface area contributed by atoms with Crippen molar-refractivity contribution in [2.75, 3.05) is 6.61 Å². The van der Waals surface area contributed by atoms with Gasteiger partial charge >= 0.3 is 5.97 Å². The first-order valence-corrected chi connectivity index (χ1v) is 5.65. The first-order chi connectivity index (χ1) is 9.19. The summed E-state index contributed by atoms with van der Waals surface area (Å²) in [6.07, 6.45) is 2.40. The fourth-order valence-corrected chi connectivity index (χ4v) is 1.39. The summed E-state index contributed by atoms with van der Waals surface area (Å²) >= 11 is 0. The van der Waals surface area contributed by atoms with E-state index in [-0.39, 0.29) is 11.6 Å². The van der Waals surface area contributed by atoms with Crippen LogP contribution in [0.4, 0.5) is 0 Å². The fraction of sp³-hybridized carbons (Fsp3) is 0.154. The van der Waals surface area contributed by atoms with Crippen molar-refractivity contribution in [2.45, 2.75) is 6.92 Å². The van der Waals surface area contributed by atoms with Crippen molar-refractivity contribution in [2.24, 2.45) is 0 Å². The molecule has 98 valence electrons. The number of hydrogen-bond acceptors (Lipinski definition) is 5. The van der Waals surface area contributed by atoms with Crippen LogP contribution in [0.25, 0.3) is 0 Å². The summed E-state index contributed by atoms with van der Waals surface area (Å²) in [6.45, 7) is 2.46. The molecule has 0 aliphatic rings. The number of aromatic nitrogens is 2. The SMILES string of the molecule is CCOc1cccc(Oc2cnc(C(=O)O)cn2)c1. The molecule has 0 fully saturated rings. The molecular formula is C13H12N2O4. The Labute approximate surface area is 109 Å². The number of benzene rings is 1. The normalized spacial score (nSPS) is 9.95. The number of rotatable bonds is 5. The monoisotopic (exact) mass is 260 g/mol. The average molecular weight is 260 g/mol. The van der Waals surface area contributed by atoms with Crippen LogP contribution >= 0.6 is 0 Å². The summed E-state index contributed by atoms with van der Waals surface area (Å²) < 4.78 is 10.8. The molecule has 0 radical (unpaired) electrons. The van der Waals surface area contributed by atoms with E-state index in [0.29, 0.717) is 18.1 Å². The maximum absolute atomic E-state index is 10.6. The highest BCUT2D eigenvalue weighted by Crippen LogP contribution is 2.23. The molecule has 1 N–H and O–H groups in total. The average Bonchev–Trinajstić information content (AvgIpc) is 2.40. The second-order valence-corrected chi connectivity index (χ2v) is 3.55. The molecule has 6 nitrogen and oxygen atoms in total. The molecule has 0 spiro atoms. The van der Waals surface area contributed by atoms with Crippen LogP contribution in [0.2, 0.25) is 0 Å². The zero-order valence-corrected chi connectivity index (χ0v) is 10.2. The number of aromatic carboxylic acids is 1. The van der Waals surface area contributed by atoms with E-state index in [9.17, 15) is 4.79 Å². The third-order valence-electron chi connectivity index (χ3n) is 2.19. The smallest absolute Gasteiger partial charge is 0.356 e. The number of carboxylic acids is 1. The van der Waals surface area contributed by atoms with Crippen LogP contribution in [-0.4, -0.2) is 27.7 Å². The topological polar surface area (TPSA) is 81.5 Å². The molecule has 2 rings (SSSR count). The van der Waals surface area contributed by atoms with E-state index in [4.69, 9.17) is 14.6 Å².